The summed E-state index contributed by atoms with van der Waals surface area (Å²) in [6.07, 6.45) is 5.03. The van der Waals surface area contributed by atoms with Crippen molar-refractivity contribution in [2.75, 3.05) is 4.43 Å². The van der Waals surface area contributed by atoms with Crippen molar-refractivity contribution in [1.82, 2.24) is 0 Å². The van der Waals surface area contributed by atoms with Crippen LogP contribution in [-0.2, 0) is 0 Å². The topological polar surface area (TPSA) is 0 Å². The molecule has 0 saturated heterocycles. The third-order valence-corrected chi connectivity index (χ3v) is 1.84. The monoisotopic (exact) mass is 194 g/mol. The van der Waals surface area contributed by atoms with Gasteiger partial charge in [0.2, 0.25) is 0 Å². The van der Waals surface area contributed by atoms with Crippen molar-refractivity contribution in [3.63, 3.8) is 0 Å². The van der Waals surface area contributed by atoms with E-state index in [1.165, 1.54) is 0 Å². The minimum absolute atomic E-state index is 0.450. The average molecular weight is 194 g/mol. The number of halogens is 1. The lowest BCUT2D eigenvalue weighted by molar-refractivity contribution is 0.900. The molecular weight excluding hydrogens is 187 g/mol. The summed E-state index contributed by atoms with van der Waals surface area (Å²) in [5, 5.41) is 0. The molecule has 0 aliphatic rings. The Balaban J connectivity index is 3.04. The standard InChI is InChI=1S/C5H7I/c1-3-5(2)4-6/h1,5H,4H2,2H3. The van der Waals surface area contributed by atoms with Crippen LogP contribution < -0.4 is 0 Å². The van der Waals surface area contributed by atoms with Crippen LogP contribution in [0.25, 0.3) is 0 Å². The van der Waals surface area contributed by atoms with Gasteiger partial charge in [-0.25, -0.2) is 0 Å². The summed E-state index contributed by atoms with van der Waals surface area (Å²) in [5.41, 5.74) is 0. The van der Waals surface area contributed by atoms with Crippen LogP contribution in [0.1, 0.15) is 6.92 Å². The molecule has 34 valence electrons. The molecule has 1 heteroatoms. The van der Waals surface area contributed by atoms with Crippen molar-refractivity contribution in [2.24, 2.45) is 5.92 Å². The summed E-state index contributed by atoms with van der Waals surface area (Å²) in [4.78, 5) is 0. The molecule has 0 amide bonds. The lowest BCUT2D eigenvalue weighted by Crippen LogP contribution is -1.86. The zero-order chi connectivity index (χ0) is 4.99. The van der Waals surface area contributed by atoms with Gasteiger partial charge in [0.25, 0.3) is 0 Å². The van der Waals surface area contributed by atoms with Gasteiger partial charge in [0.15, 0.2) is 0 Å². The summed E-state index contributed by atoms with van der Waals surface area (Å²) in [5.74, 6) is 3.06. The van der Waals surface area contributed by atoms with E-state index in [2.05, 4.69) is 28.5 Å². The van der Waals surface area contributed by atoms with Gasteiger partial charge in [0.1, 0.15) is 0 Å². The molecule has 6 heavy (non-hydrogen) atoms. The predicted octanol–water partition coefficient (Wildman–Crippen LogP) is 1.69. The second-order valence-corrected chi connectivity index (χ2v) is 2.10. The summed E-state index contributed by atoms with van der Waals surface area (Å²) in [7, 11) is 0. The highest BCUT2D eigenvalue weighted by Gasteiger charge is 1.86. The lowest BCUT2D eigenvalue weighted by Gasteiger charge is -1.89. The molecule has 0 aliphatic heterocycles. The van der Waals surface area contributed by atoms with Crippen LogP contribution in [0.3, 0.4) is 0 Å². The third kappa shape index (κ3) is 2.52. The first-order valence-corrected chi connectivity index (χ1v) is 3.36. The predicted molar refractivity (Wildman–Crippen MR) is 36.9 cm³/mol. The number of rotatable bonds is 1. The first-order chi connectivity index (χ1) is 2.81. The first kappa shape index (κ1) is 6.29. The van der Waals surface area contributed by atoms with Crippen LogP contribution in [0, 0.1) is 18.3 Å². The van der Waals surface area contributed by atoms with Crippen molar-refractivity contribution in [2.45, 2.75) is 6.92 Å². The Hall–Kier alpha value is 0.290. The largest absolute Gasteiger partial charge is 0.120 e. The van der Waals surface area contributed by atoms with Gasteiger partial charge in [-0.05, 0) is 0 Å². The second-order valence-electron chi connectivity index (χ2n) is 1.22. The van der Waals surface area contributed by atoms with Gasteiger partial charge in [-0.15, -0.1) is 12.3 Å². The first-order valence-electron chi connectivity index (χ1n) is 1.83. The third-order valence-electron chi connectivity index (χ3n) is 0.516. The Morgan fingerprint density at radius 3 is 2.50 bits per heavy atom. The number of hydrogen-bond acceptors (Lipinski definition) is 0. The molecule has 0 fully saturated rings. The van der Waals surface area contributed by atoms with Crippen molar-refractivity contribution in [3.05, 3.63) is 0 Å². The second kappa shape index (κ2) is 3.48. The summed E-state index contributed by atoms with van der Waals surface area (Å²) in [6.45, 7) is 2.03. The molecule has 0 rings (SSSR count). The Morgan fingerprint density at radius 1 is 2.00 bits per heavy atom. The van der Waals surface area contributed by atoms with E-state index in [1.807, 2.05) is 6.92 Å². The molecule has 0 aromatic carbocycles. The van der Waals surface area contributed by atoms with Crippen molar-refractivity contribution < 1.29 is 0 Å². The Labute approximate surface area is 52.5 Å². The molecule has 0 bridgehead atoms. The molecule has 0 nitrogen and oxygen atoms in total. The van der Waals surface area contributed by atoms with Gasteiger partial charge in [-0.1, -0.05) is 29.5 Å². The van der Waals surface area contributed by atoms with E-state index >= 15 is 0 Å². The quantitative estimate of drug-likeness (QED) is 0.338. The molecule has 0 aromatic rings. The maximum Gasteiger partial charge on any atom is 0.0261 e. The Bertz CT molecular complexity index is 60.8. The summed E-state index contributed by atoms with van der Waals surface area (Å²) >= 11 is 2.27. The Kier molecular flexibility index (Phi) is 3.65. The maximum atomic E-state index is 5.03. The molecule has 0 spiro atoms. The van der Waals surface area contributed by atoms with E-state index < -0.39 is 0 Å². The highest BCUT2D eigenvalue weighted by atomic mass is 127. The molecule has 0 saturated carbocycles. The van der Waals surface area contributed by atoms with Gasteiger partial charge in [-0.3, -0.25) is 0 Å². The van der Waals surface area contributed by atoms with Crippen LogP contribution in [-0.4, -0.2) is 4.43 Å². The zero-order valence-corrected chi connectivity index (χ0v) is 5.90. The number of hydrogen-bond donors (Lipinski definition) is 0. The van der Waals surface area contributed by atoms with Crippen molar-refractivity contribution >= 4 is 22.6 Å². The van der Waals surface area contributed by atoms with Crippen LogP contribution in [0.15, 0.2) is 0 Å². The highest BCUT2D eigenvalue weighted by molar-refractivity contribution is 14.1. The van der Waals surface area contributed by atoms with Gasteiger partial charge in [0, 0.05) is 10.3 Å². The molecule has 0 aliphatic carbocycles. The zero-order valence-electron chi connectivity index (χ0n) is 3.74. The van der Waals surface area contributed by atoms with Crippen LogP contribution >= 0.6 is 22.6 Å². The fraction of sp³-hybridized carbons (Fsp3) is 0.600. The smallest absolute Gasteiger partial charge is 0.0261 e. The normalized spacial score (nSPS) is 12.8. The minimum Gasteiger partial charge on any atom is -0.120 e. The summed E-state index contributed by atoms with van der Waals surface area (Å²) in [6, 6.07) is 0. The summed E-state index contributed by atoms with van der Waals surface area (Å²) < 4.78 is 1.06. The van der Waals surface area contributed by atoms with Crippen LogP contribution in [0.2, 0.25) is 0 Å². The molecule has 0 N–H and O–H groups in total. The van der Waals surface area contributed by atoms with Crippen molar-refractivity contribution in [1.29, 1.82) is 0 Å². The lowest BCUT2D eigenvalue weighted by atomic mass is 10.2. The fourth-order valence-electron chi connectivity index (χ4n) is 0.0445. The van der Waals surface area contributed by atoms with Gasteiger partial charge in [0.05, 0.1) is 0 Å². The SMILES string of the molecule is C#CC(C)CI. The fourth-order valence-corrected chi connectivity index (χ4v) is 0.299. The Morgan fingerprint density at radius 2 is 2.50 bits per heavy atom. The average Bonchev–Trinajstić information content (AvgIpc) is 1.65. The number of alkyl halides is 1. The number of terminal acetylenes is 1. The molecule has 1 unspecified atom stereocenters. The van der Waals surface area contributed by atoms with Gasteiger partial charge >= 0.3 is 0 Å². The van der Waals surface area contributed by atoms with Gasteiger partial charge < -0.3 is 0 Å². The molecule has 0 aromatic heterocycles. The van der Waals surface area contributed by atoms with E-state index in [9.17, 15) is 0 Å². The van der Waals surface area contributed by atoms with E-state index in [4.69, 9.17) is 6.42 Å². The molecule has 0 radical (unpaired) electrons. The molecular formula is C5H7I. The van der Waals surface area contributed by atoms with E-state index in [-0.39, 0.29) is 0 Å². The molecule has 1 atom stereocenters. The highest BCUT2D eigenvalue weighted by Crippen LogP contribution is 1.95. The van der Waals surface area contributed by atoms with E-state index in [0.717, 1.165) is 4.43 Å². The minimum atomic E-state index is 0.450. The van der Waals surface area contributed by atoms with Gasteiger partial charge in [-0.2, -0.15) is 0 Å². The molecule has 0 heterocycles. The van der Waals surface area contributed by atoms with E-state index in [1.54, 1.807) is 0 Å². The maximum absolute atomic E-state index is 5.03. The van der Waals surface area contributed by atoms with Crippen molar-refractivity contribution in [3.8, 4) is 12.3 Å². The van der Waals surface area contributed by atoms with Crippen LogP contribution in [0.5, 0.6) is 0 Å². The van der Waals surface area contributed by atoms with E-state index in [0.29, 0.717) is 5.92 Å². The van der Waals surface area contributed by atoms with Crippen LogP contribution in [0.4, 0.5) is 0 Å².